The number of benzene rings is 2. The summed E-state index contributed by atoms with van der Waals surface area (Å²) >= 11 is 18.1. The Morgan fingerprint density at radius 1 is 1.08 bits per heavy atom. The number of rotatable bonds is 3. The van der Waals surface area contributed by atoms with Crippen LogP contribution in [-0.4, -0.2) is 34.7 Å². The highest BCUT2D eigenvalue weighted by Gasteiger charge is 2.20. The number of hydrogen-bond donors (Lipinski definition) is 1. The van der Waals surface area contributed by atoms with E-state index in [0.717, 1.165) is 64.7 Å². The highest BCUT2D eigenvalue weighted by Crippen LogP contribution is 2.24. The standard InChI is InChI=1S/C19H21Cl2N3S/c1-14-16(20)8-4-9-18(14)22-19(25)24-11-5-10-23(13-24)12-15-6-2-3-7-17(15)21/h2-4,6-9H,5,10-13H2,1H3,(H,22,25). The Morgan fingerprint density at radius 3 is 2.64 bits per heavy atom. The van der Waals surface area contributed by atoms with Crippen molar-refractivity contribution in [3.05, 3.63) is 63.6 Å². The zero-order valence-corrected chi connectivity index (χ0v) is 16.5. The second kappa shape index (κ2) is 8.37. The van der Waals surface area contributed by atoms with Gasteiger partial charge < -0.3 is 10.2 Å². The zero-order valence-electron chi connectivity index (χ0n) is 14.1. The van der Waals surface area contributed by atoms with E-state index < -0.39 is 0 Å². The summed E-state index contributed by atoms with van der Waals surface area (Å²) in [6.07, 6.45) is 1.07. The highest BCUT2D eigenvalue weighted by atomic mass is 35.5. The van der Waals surface area contributed by atoms with Crippen molar-refractivity contribution in [2.75, 3.05) is 25.1 Å². The molecule has 0 atom stereocenters. The molecular formula is C19H21Cl2N3S. The third-order valence-corrected chi connectivity index (χ3v) is 5.56. The van der Waals surface area contributed by atoms with E-state index in [9.17, 15) is 0 Å². The van der Waals surface area contributed by atoms with E-state index in [1.54, 1.807) is 0 Å². The number of hydrogen-bond acceptors (Lipinski definition) is 2. The van der Waals surface area contributed by atoms with Crippen LogP contribution in [0.5, 0.6) is 0 Å². The average molecular weight is 394 g/mol. The third-order valence-electron chi connectivity index (χ3n) is 4.42. The monoisotopic (exact) mass is 393 g/mol. The van der Waals surface area contributed by atoms with Gasteiger partial charge in [0.25, 0.3) is 0 Å². The van der Waals surface area contributed by atoms with Gasteiger partial charge >= 0.3 is 0 Å². The molecule has 1 aliphatic heterocycles. The molecule has 25 heavy (non-hydrogen) atoms. The maximum Gasteiger partial charge on any atom is 0.174 e. The molecule has 3 nitrogen and oxygen atoms in total. The average Bonchev–Trinajstić information content (AvgIpc) is 2.61. The van der Waals surface area contributed by atoms with Gasteiger partial charge in [0.15, 0.2) is 5.11 Å². The summed E-state index contributed by atoms with van der Waals surface area (Å²) in [5.41, 5.74) is 3.12. The van der Waals surface area contributed by atoms with Gasteiger partial charge in [0.1, 0.15) is 0 Å². The van der Waals surface area contributed by atoms with Crippen LogP contribution < -0.4 is 5.32 Å². The Kier molecular flexibility index (Phi) is 6.18. The van der Waals surface area contributed by atoms with Gasteiger partial charge in [-0.1, -0.05) is 47.5 Å². The lowest BCUT2D eigenvalue weighted by Crippen LogP contribution is -2.48. The molecule has 1 saturated heterocycles. The molecule has 2 aromatic carbocycles. The van der Waals surface area contributed by atoms with Crippen molar-refractivity contribution in [3.8, 4) is 0 Å². The quantitative estimate of drug-likeness (QED) is 0.725. The Hall–Kier alpha value is -1.33. The van der Waals surface area contributed by atoms with Gasteiger partial charge in [-0.15, -0.1) is 0 Å². The molecule has 1 heterocycles. The molecule has 1 aliphatic rings. The second-order valence-electron chi connectivity index (χ2n) is 6.24. The number of nitrogens with zero attached hydrogens (tertiary/aromatic N) is 2. The number of halogens is 2. The molecule has 0 amide bonds. The lowest BCUT2D eigenvalue weighted by molar-refractivity contribution is 0.134. The van der Waals surface area contributed by atoms with E-state index in [2.05, 4.69) is 21.2 Å². The van der Waals surface area contributed by atoms with Crippen molar-refractivity contribution < 1.29 is 0 Å². The van der Waals surface area contributed by atoms with E-state index in [0.29, 0.717) is 0 Å². The van der Waals surface area contributed by atoms with Crippen LogP contribution in [0.1, 0.15) is 17.5 Å². The first kappa shape index (κ1) is 18.5. The van der Waals surface area contributed by atoms with Crippen LogP contribution in [0, 0.1) is 6.92 Å². The summed E-state index contributed by atoms with van der Waals surface area (Å²) in [4.78, 5) is 4.56. The first-order valence-electron chi connectivity index (χ1n) is 8.31. The normalized spacial score (nSPS) is 15.2. The van der Waals surface area contributed by atoms with E-state index in [4.69, 9.17) is 35.4 Å². The van der Waals surface area contributed by atoms with Crippen LogP contribution >= 0.6 is 35.4 Å². The summed E-state index contributed by atoms with van der Waals surface area (Å²) in [6, 6.07) is 13.8. The minimum Gasteiger partial charge on any atom is -0.336 e. The maximum absolute atomic E-state index is 6.29. The van der Waals surface area contributed by atoms with Gasteiger partial charge in [-0.2, -0.15) is 0 Å². The molecule has 0 radical (unpaired) electrons. The summed E-state index contributed by atoms with van der Waals surface area (Å²) in [5, 5.41) is 5.62. The molecule has 1 N–H and O–H groups in total. The fourth-order valence-corrected chi connectivity index (χ4v) is 3.60. The fraction of sp³-hybridized carbons (Fsp3) is 0.316. The van der Waals surface area contributed by atoms with Gasteiger partial charge in [-0.05, 0) is 54.9 Å². The molecular weight excluding hydrogens is 373 g/mol. The highest BCUT2D eigenvalue weighted by molar-refractivity contribution is 7.80. The van der Waals surface area contributed by atoms with Gasteiger partial charge in [0.2, 0.25) is 0 Å². The first-order chi connectivity index (χ1) is 12.0. The first-order valence-corrected chi connectivity index (χ1v) is 9.48. The van der Waals surface area contributed by atoms with E-state index in [-0.39, 0.29) is 0 Å². The molecule has 1 fully saturated rings. The van der Waals surface area contributed by atoms with E-state index in [1.165, 1.54) is 0 Å². The largest absolute Gasteiger partial charge is 0.336 e. The van der Waals surface area contributed by atoms with Crippen LogP contribution in [0.2, 0.25) is 10.0 Å². The second-order valence-corrected chi connectivity index (χ2v) is 7.45. The van der Waals surface area contributed by atoms with Crippen molar-refractivity contribution in [2.45, 2.75) is 19.9 Å². The molecule has 0 unspecified atom stereocenters. The lowest BCUT2D eigenvalue weighted by atomic mass is 10.2. The molecule has 0 bridgehead atoms. The Morgan fingerprint density at radius 2 is 1.84 bits per heavy atom. The van der Waals surface area contributed by atoms with Crippen molar-refractivity contribution in [1.29, 1.82) is 0 Å². The predicted octanol–water partition coefficient (Wildman–Crippen LogP) is 5.16. The van der Waals surface area contributed by atoms with Crippen molar-refractivity contribution in [3.63, 3.8) is 0 Å². The summed E-state index contributed by atoms with van der Waals surface area (Å²) < 4.78 is 0. The van der Waals surface area contributed by atoms with Crippen LogP contribution in [0.4, 0.5) is 5.69 Å². The van der Waals surface area contributed by atoms with E-state index >= 15 is 0 Å². The Labute approximate surface area is 164 Å². The Balaban J connectivity index is 1.63. The van der Waals surface area contributed by atoms with Crippen molar-refractivity contribution in [2.24, 2.45) is 0 Å². The lowest BCUT2D eigenvalue weighted by Gasteiger charge is -2.37. The predicted molar refractivity (Wildman–Crippen MR) is 110 cm³/mol. The van der Waals surface area contributed by atoms with Gasteiger partial charge in [0, 0.05) is 35.4 Å². The maximum atomic E-state index is 6.29. The van der Waals surface area contributed by atoms with Gasteiger partial charge in [-0.25, -0.2) is 0 Å². The van der Waals surface area contributed by atoms with Crippen LogP contribution in [0.15, 0.2) is 42.5 Å². The molecule has 0 spiro atoms. The minimum absolute atomic E-state index is 0.731. The smallest absolute Gasteiger partial charge is 0.174 e. The molecule has 132 valence electrons. The summed E-state index contributed by atoms with van der Waals surface area (Å²) in [7, 11) is 0. The number of anilines is 1. The zero-order chi connectivity index (χ0) is 17.8. The van der Waals surface area contributed by atoms with Crippen molar-refractivity contribution in [1.82, 2.24) is 9.80 Å². The molecule has 0 aliphatic carbocycles. The van der Waals surface area contributed by atoms with Crippen molar-refractivity contribution >= 4 is 46.2 Å². The topological polar surface area (TPSA) is 18.5 Å². The van der Waals surface area contributed by atoms with Gasteiger partial charge in [0.05, 0.1) is 6.67 Å². The van der Waals surface area contributed by atoms with Crippen LogP contribution in [0.25, 0.3) is 0 Å². The summed E-state index contributed by atoms with van der Waals surface area (Å²) in [5.74, 6) is 0. The SMILES string of the molecule is Cc1c(Cl)cccc1NC(=S)N1CCCN(Cc2ccccc2Cl)C1. The molecule has 0 saturated carbocycles. The van der Waals surface area contributed by atoms with Gasteiger partial charge in [-0.3, -0.25) is 4.90 Å². The molecule has 6 heteroatoms. The number of nitrogens with one attached hydrogen (secondary N) is 1. The fourth-order valence-electron chi connectivity index (χ4n) is 2.97. The van der Waals surface area contributed by atoms with Crippen LogP contribution in [0.3, 0.4) is 0 Å². The third kappa shape index (κ3) is 4.64. The molecule has 2 aromatic rings. The number of thiocarbonyl (C=S) groups is 1. The van der Waals surface area contributed by atoms with E-state index in [1.807, 2.05) is 43.3 Å². The molecule has 0 aromatic heterocycles. The summed E-state index contributed by atoms with van der Waals surface area (Å²) in [6.45, 7) is 5.60. The van der Waals surface area contributed by atoms with Crippen LogP contribution in [-0.2, 0) is 6.54 Å². The minimum atomic E-state index is 0.731. The Bertz CT molecular complexity index is 766. The molecule has 3 rings (SSSR count).